The number of rotatable bonds is 7. The summed E-state index contributed by atoms with van der Waals surface area (Å²) in [6.45, 7) is 2.13. The van der Waals surface area contributed by atoms with Crippen LogP contribution in [-0.4, -0.2) is 10.9 Å². The number of nitriles is 1. The lowest BCUT2D eigenvalue weighted by atomic mass is 10.1. The van der Waals surface area contributed by atoms with Gasteiger partial charge in [0.2, 0.25) is 11.8 Å². The Kier molecular flexibility index (Phi) is 6.28. The van der Waals surface area contributed by atoms with Gasteiger partial charge in [0, 0.05) is 17.3 Å². The van der Waals surface area contributed by atoms with E-state index < -0.39 is 0 Å². The molecule has 1 amide bonds. The Morgan fingerprint density at radius 3 is 2.69 bits per heavy atom. The van der Waals surface area contributed by atoms with Crippen LogP contribution in [-0.2, 0) is 17.8 Å². The smallest absolute Gasteiger partial charge is 0.230 e. The van der Waals surface area contributed by atoms with E-state index in [0.29, 0.717) is 41.0 Å². The monoisotopic (exact) mass is 423 g/mol. The molecule has 1 N–H and O–H groups in total. The maximum Gasteiger partial charge on any atom is 0.230 e. The molecule has 6 nitrogen and oxygen atoms in total. The summed E-state index contributed by atoms with van der Waals surface area (Å²) in [7, 11) is 0. The number of carbonyl (C=O) groups excluding carboxylic acids is 1. The molecule has 4 aromatic rings. The van der Waals surface area contributed by atoms with Crippen LogP contribution in [0.5, 0.6) is 5.75 Å². The minimum Gasteiger partial charge on any atom is -0.489 e. The van der Waals surface area contributed by atoms with E-state index in [0.717, 1.165) is 11.1 Å². The Bertz CT molecular complexity index is 1270. The molecule has 1 aromatic heterocycles. The minimum atomic E-state index is -0.195. The fourth-order valence-electron chi connectivity index (χ4n) is 3.21. The number of carbonyl (C=O) groups is 1. The number of benzene rings is 3. The third-order valence-electron chi connectivity index (χ3n) is 4.82. The average molecular weight is 423 g/mol. The van der Waals surface area contributed by atoms with Crippen LogP contribution in [0.4, 0.5) is 5.69 Å². The number of hydrogen-bond donors (Lipinski definition) is 1. The highest BCUT2D eigenvalue weighted by Crippen LogP contribution is 2.23. The van der Waals surface area contributed by atoms with E-state index >= 15 is 0 Å². The first-order chi connectivity index (χ1) is 15.6. The lowest BCUT2D eigenvalue weighted by Crippen LogP contribution is -2.15. The van der Waals surface area contributed by atoms with Crippen LogP contribution in [0.25, 0.3) is 11.5 Å². The zero-order valence-electron chi connectivity index (χ0n) is 17.5. The fraction of sp³-hybridized carbons (Fsp3) is 0.115. The molecule has 6 heteroatoms. The Morgan fingerprint density at radius 1 is 1.06 bits per heavy atom. The topological polar surface area (TPSA) is 88.2 Å². The van der Waals surface area contributed by atoms with Gasteiger partial charge in [-0.2, -0.15) is 5.26 Å². The molecule has 1 heterocycles. The summed E-state index contributed by atoms with van der Waals surface area (Å²) in [6, 6.07) is 26.1. The first kappa shape index (κ1) is 20.9. The van der Waals surface area contributed by atoms with E-state index in [1.54, 1.807) is 31.2 Å². The summed E-state index contributed by atoms with van der Waals surface area (Å²) in [5.74, 6) is 1.55. The van der Waals surface area contributed by atoms with Gasteiger partial charge in [-0.1, -0.05) is 36.4 Å². The lowest BCUT2D eigenvalue weighted by Gasteiger charge is -2.09. The van der Waals surface area contributed by atoms with Gasteiger partial charge in [0.25, 0.3) is 0 Å². The van der Waals surface area contributed by atoms with Gasteiger partial charge in [0.1, 0.15) is 18.1 Å². The lowest BCUT2D eigenvalue weighted by molar-refractivity contribution is -0.115. The Labute approximate surface area is 186 Å². The van der Waals surface area contributed by atoms with Crippen molar-refractivity contribution in [2.24, 2.45) is 0 Å². The number of oxazole rings is 1. The van der Waals surface area contributed by atoms with Crippen LogP contribution < -0.4 is 10.1 Å². The molecule has 0 fully saturated rings. The molecule has 0 aliphatic heterocycles. The summed E-state index contributed by atoms with van der Waals surface area (Å²) in [4.78, 5) is 17.1. The van der Waals surface area contributed by atoms with Crippen molar-refractivity contribution >= 4 is 11.6 Å². The van der Waals surface area contributed by atoms with Gasteiger partial charge in [-0.3, -0.25) is 4.79 Å². The van der Waals surface area contributed by atoms with E-state index in [9.17, 15) is 4.79 Å². The molecule has 4 rings (SSSR count). The van der Waals surface area contributed by atoms with Crippen LogP contribution in [0.1, 0.15) is 22.6 Å². The summed E-state index contributed by atoms with van der Waals surface area (Å²) in [5.41, 5.74) is 3.58. The normalized spacial score (nSPS) is 10.4. The highest BCUT2D eigenvalue weighted by atomic mass is 16.5. The van der Waals surface area contributed by atoms with Crippen LogP contribution in [0, 0.1) is 18.3 Å². The largest absolute Gasteiger partial charge is 0.489 e. The second-order valence-corrected chi connectivity index (χ2v) is 7.24. The van der Waals surface area contributed by atoms with E-state index in [2.05, 4.69) is 16.4 Å². The van der Waals surface area contributed by atoms with Crippen LogP contribution in [0.15, 0.2) is 83.3 Å². The number of aromatic nitrogens is 1. The number of nitrogens with zero attached hydrogens (tertiary/aromatic N) is 2. The Hall–Kier alpha value is -4.37. The number of anilines is 1. The Morgan fingerprint density at radius 2 is 1.88 bits per heavy atom. The summed E-state index contributed by atoms with van der Waals surface area (Å²) in [5, 5.41) is 11.9. The maximum absolute atomic E-state index is 12.6. The number of aryl methyl sites for hydroxylation is 1. The van der Waals surface area contributed by atoms with Gasteiger partial charge in [0.15, 0.2) is 0 Å². The number of hydrogen-bond acceptors (Lipinski definition) is 5. The predicted octanol–water partition coefficient (Wildman–Crippen LogP) is 5.28. The molecule has 158 valence electrons. The van der Waals surface area contributed by atoms with Crippen molar-refractivity contribution in [1.29, 1.82) is 5.26 Å². The first-order valence-electron chi connectivity index (χ1n) is 10.1. The zero-order valence-corrected chi connectivity index (χ0v) is 17.5. The van der Waals surface area contributed by atoms with E-state index in [4.69, 9.17) is 14.4 Å². The van der Waals surface area contributed by atoms with Gasteiger partial charge in [-0.15, -0.1) is 0 Å². The van der Waals surface area contributed by atoms with Gasteiger partial charge >= 0.3 is 0 Å². The van der Waals surface area contributed by atoms with Crippen molar-refractivity contribution in [1.82, 2.24) is 4.98 Å². The third kappa shape index (κ3) is 5.21. The Balaban J connectivity index is 1.38. The maximum atomic E-state index is 12.6. The number of nitrogens with one attached hydrogen (secondary N) is 1. The molecular weight excluding hydrogens is 402 g/mol. The molecule has 0 bridgehead atoms. The zero-order chi connectivity index (χ0) is 22.3. The summed E-state index contributed by atoms with van der Waals surface area (Å²) < 4.78 is 11.5. The minimum absolute atomic E-state index is 0.105. The third-order valence-corrected chi connectivity index (χ3v) is 4.82. The molecule has 0 aliphatic rings. The van der Waals surface area contributed by atoms with Crippen LogP contribution >= 0.6 is 0 Å². The molecule has 0 saturated carbocycles. The van der Waals surface area contributed by atoms with E-state index in [1.165, 1.54) is 0 Å². The van der Waals surface area contributed by atoms with Crippen molar-refractivity contribution < 1.29 is 13.9 Å². The van der Waals surface area contributed by atoms with Gasteiger partial charge in [-0.05, 0) is 48.9 Å². The molecular formula is C26H21N3O3. The molecule has 0 unspecified atom stereocenters. The summed E-state index contributed by atoms with van der Waals surface area (Å²) >= 11 is 0. The molecule has 0 saturated heterocycles. The SMILES string of the molecule is Cc1oc(-c2ccccc2)nc1CC(=O)Nc1cccc(OCc2cccc(C#N)c2)c1. The molecule has 0 aliphatic carbocycles. The van der Waals surface area contributed by atoms with Gasteiger partial charge in [-0.25, -0.2) is 4.98 Å². The highest BCUT2D eigenvalue weighted by Gasteiger charge is 2.15. The first-order valence-corrected chi connectivity index (χ1v) is 10.1. The van der Waals surface area contributed by atoms with E-state index in [1.807, 2.05) is 54.6 Å². The predicted molar refractivity (Wildman–Crippen MR) is 121 cm³/mol. The molecule has 0 spiro atoms. The molecule has 3 aromatic carbocycles. The standard InChI is InChI=1S/C26H21N3O3/c1-18-24(29-26(32-18)21-9-3-2-4-10-21)15-25(30)28-22-11-6-12-23(14-22)31-17-20-8-5-7-19(13-20)16-27/h2-14H,15,17H2,1H3,(H,28,30). The fourth-order valence-corrected chi connectivity index (χ4v) is 3.21. The molecule has 0 atom stereocenters. The van der Waals surface area contributed by atoms with Crippen molar-refractivity contribution in [3.63, 3.8) is 0 Å². The second kappa shape index (κ2) is 9.63. The highest BCUT2D eigenvalue weighted by molar-refractivity contribution is 5.92. The van der Waals surface area contributed by atoms with Crippen molar-refractivity contribution in [2.45, 2.75) is 20.0 Å². The van der Waals surface area contributed by atoms with Crippen LogP contribution in [0.3, 0.4) is 0 Å². The number of amides is 1. The van der Waals surface area contributed by atoms with Crippen LogP contribution in [0.2, 0.25) is 0 Å². The average Bonchev–Trinajstić information content (AvgIpc) is 3.18. The second-order valence-electron chi connectivity index (χ2n) is 7.24. The van der Waals surface area contributed by atoms with Crippen molar-refractivity contribution in [2.75, 3.05) is 5.32 Å². The number of ether oxygens (including phenoxy) is 1. The van der Waals surface area contributed by atoms with E-state index in [-0.39, 0.29) is 12.3 Å². The molecule has 0 radical (unpaired) electrons. The quantitative estimate of drug-likeness (QED) is 0.437. The summed E-state index contributed by atoms with van der Waals surface area (Å²) in [6.07, 6.45) is 0.105. The van der Waals surface area contributed by atoms with Gasteiger partial charge in [0.05, 0.1) is 23.7 Å². The van der Waals surface area contributed by atoms with Gasteiger partial charge < -0.3 is 14.5 Å². The van der Waals surface area contributed by atoms with Crippen molar-refractivity contribution in [3.05, 3.63) is 101 Å². The molecule has 32 heavy (non-hydrogen) atoms. The van der Waals surface area contributed by atoms with Crippen molar-refractivity contribution in [3.8, 4) is 23.3 Å².